The van der Waals surface area contributed by atoms with Gasteiger partial charge >= 0.3 is 0 Å². The highest BCUT2D eigenvalue weighted by Gasteiger charge is 2.21. The molecular formula is C13H22N4O. The average Bonchev–Trinajstić information content (AvgIpc) is 2.42. The fourth-order valence-electron chi connectivity index (χ4n) is 2.39. The predicted octanol–water partition coefficient (Wildman–Crippen LogP) is 1.26. The van der Waals surface area contributed by atoms with Gasteiger partial charge in [0.15, 0.2) is 0 Å². The van der Waals surface area contributed by atoms with E-state index in [9.17, 15) is 5.11 Å². The number of likely N-dealkylation sites (tertiary alicyclic amines) is 1. The Morgan fingerprint density at radius 3 is 2.94 bits per heavy atom. The lowest BCUT2D eigenvalue weighted by Crippen LogP contribution is -2.41. The van der Waals surface area contributed by atoms with Gasteiger partial charge in [-0.15, -0.1) is 0 Å². The van der Waals surface area contributed by atoms with Gasteiger partial charge in [-0.25, -0.2) is 4.98 Å². The number of aliphatic hydroxyl groups is 1. The van der Waals surface area contributed by atoms with Gasteiger partial charge in [0.2, 0.25) is 0 Å². The van der Waals surface area contributed by atoms with Crippen LogP contribution in [0.3, 0.4) is 0 Å². The van der Waals surface area contributed by atoms with E-state index in [4.69, 9.17) is 0 Å². The molecule has 0 saturated carbocycles. The van der Waals surface area contributed by atoms with Gasteiger partial charge in [0.1, 0.15) is 5.82 Å². The Labute approximate surface area is 108 Å². The SMILES string of the molecule is CCNc1cnc(CN2CCCCC2CO)cn1. The molecule has 2 N–H and O–H groups in total. The van der Waals surface area contributed by atoms with Gasteiger partial charge in [0.05, 0.1) is 24.7 Å². The van der Waals surface area contributed by atoms with E-state index >= 15 is 0 Å². The Hall–Kier alpha value is -1.20. The fourth-order valence-corrected chi connectivity index (χ4v) is 2.39. The van der Waals surface area contributed by atoms with Crippen LogP contribution in [0.1, 0.15) is 31.9 Å². The molecule has 1 unspecified atom stereocenters. The molecule has 0 bridgehead atoms. The van der Waals surface area contributed by atoms with Crippen molar-refractivity contribution in [1.29, 1.82) is 0 Å². The summed E-state index contributed by atoms with van der Waals surface area (Å²) in [6.07, 6.45) is 7.10. The van der Waals surface area contributed by atoms with Crippen LogP contribution in [0.4, 0.5) is 5.82 Å². The first-order valence-electron chi connectivity index (χ1n) is 6.73. The molecule has 2 rings (SSSR count). The summed E-state index contributed by atoms with van der Waals surface area (Å²) in [6.45, 7) is 4.96. The summed E-state index contributed by atoms with van der Waals surface area (Å²) in [5.74, 6) is 0.818. The maximum Gasteiger partial charge on any atom is 0.144 e. The van der Waals surface area contributed by atoms with E-state index in [0.717, 1.165) is 37.6 Å². The molecule has 100 valence electrons. The molecule has 2 heterocycles. The Morgan fingerprint density at radius 1 is 1.39 bits per heavy atom. The van der Waals surface area contributed by atoms with E-state index in [1.165, 1.54) is 12.8 Å². The quantitative estimate of drug-likeness (QED) is 0.823. The van der Waals surface area contributed by atoms with E-state index in [1.807, 2.05) is 13.1 Å². The second-order valence-electron chi connectivity index (χ2n) is 4.73. The number of aromatic nitrogens is 2. The first-order chi connectivity index (χ1) is 8.83. The van der Waals surface area contributed by atoms with E-state index in [2.05, 4.69) is 20.2 Å². The van der Waals surface area contributed by atoms with Gasteiger partial charge in [-0.05, 0) is 26.3 Å². The highest BCUT2D eigenvalue weighted by atomic mass is 16.3. The smallest absolute Gasteiger partial charge is 0.144 e. The number of aliphatic hydroxyl groups excluding tert-OH is 1. The Kier molecular flexibility index (Phi) is 4.90. The largest absolute Gasteiger partial charge is 0.395 e. The van der Waals surface area contributed by atoms with E-state index in [0.29, 0.717) is 0 Å². The zero-order valence-electron chi connectivity index (χ0n) is 11.0. The first-order valence-corrected chi connectivity index (χ1v) is 6.73. The van der Waals surface area contributed by atoms with Crippen LogP contribution in [-0.2, 0) is 6.54 Å². The molecular weight excluding hydrogens is 228 g/mol. The minimum atomic E-state index is 0.239. The Morgan fingerprint density at radius 2 is 2.28 bits per heavy atom. The van der Waals surface area contributed by atoms with Gasteiger partial charge in [-0.2, -0.15) is 0 Å². The highest BCUT2D eigenvalue weighted by molar-refractivity contribution is 5.30. The molecule has 0 radical (unpaired) electrons. The Balaban J connectivity index is 1.95. The number of nitrogens with zero attached hydrogens (tertiary/aromatic N) is 3. The first kappa shape index (κ1) is 13.2. The third kappa shape index (κ3) is 3.40. The lowest BCUT2D eigenvalue weighted by molar-refractivity contribution is 0.0830. The van der Waals surface area contributed by atoms with Crippen molar-refractivity contribution in [1.82, 2.24) is 14.9 Å². The predicted molar refractivity (Wildman–Crippen MR) is 71.3 cm³/mol. The van der Waals surface area contributed by atoms with Crippen molar-refractivity contribution in [3.8, 4) is 0 Å². The van der Waals surface area contributed by atoms with Crippen molar-refractivity contribution in [2.45, 2.75) is 38.8 Å². The van der Waals surface area contributed by atoms with Crippen molar-refractivity contribution >= 4 is 5.82 Å². The van der Waals surface area contributed by atoms with Gasteiger partial charge in [0, 0.05) is 19.1 Å². The van der Waals surface area contributed by atoms with Crippen molar-refractivity contribution in [2.75, 3.05) is 25.0 Å². The van der Waals surface area contributed by atoms with E-state index in [1.54, 1.807) is 6.20 Å². The molecule has 1 aromatic heterocycles. The van der Waals surface area contributed by atoms with Gasteiger partial charge in [-0.3, -0.25) is 9.88 Å². The van der Waals surface area contributed by atoms with Crippen molar-refractivity contribution < 1.29 is 5.11 Å². The minimum absolute atomic E-state index is 0.239. The average molecular weight is 250 g/mol. The molecule has 1 atom stereocenters. The van der Waals surface area contributed by atoms with Gasteiger partial charge < -0.3 is 10.4 Å². The summed E-state index contributed by atoms with van der Waals surface area (Å²) in [6, 6.07) is 0.286. The van der Waals surface area contributed by atoms with Gasteiger partial charge in [0.25, 0.3) is 0 Å². The van der Waals surface area contributed by atoms with Crippen LogP contribution in [0.15, 0.2) is 12.4 Å². The molecule has 1 saturated heterocycles. The number of rotatable bonds is 5. The second-order valence-corrected chi connectivity index (χ2v) is 4.73. The monoisotopic (exact) mass is 250 g/mol. The molecule has 0 spiro atoms. The number of piperidine rings is 1. The lowest BCUT2D eigenvalue weighted by Gasteiger charge is -2.34. The molecule has 1 fully saturated rings. The third-order valence-electron chi connectivity index (χ3n) is 3.39. The molecule has 1 aliphatic heterocycles. The molecule has 5 nitrogen and oxygen atoms in total. The Bertz CT molecular complexity index is 355. The van der Waals surface area contributed by atoms with Crippen LogP contribution in [0, 0.1) is 0 Å². The minimum Gasteiger partial charge on any atom is -0.395 e. The van der Waals surface area contributed by atoms with Crippen LogP contribution in [0.2, 0.25) is 0 Å². The van der Waals surface area contributed by atoms with Crippen LogP contribution < -0.4 is 5.32 Å². The molecule has 1 aliphatic rings. The van der Waals surface area contributed by atoms with E-state index < -0.39 is 0 Å². The van der Waals surface area contributed by atoms with Crippen LogP contribution >= 0.6 is 0 Å². The summed E-state index contributed by atoms with van der Waals surface area (Å²) in [5.41, 5.74) is 0.969. The fraction of sp³-hybridized carbons (Fsp3) is 0.692. The zero-order valence-corrected chi connectivity index (χ0v) is 11.0. The summed E-state index contributed by atoms with van der Waals surface area (Å²) < 4.78 is 0. The highest BCUT2D eigenvalue weighted by Crippen LogP contribution is 2.18. The lowest BCUT2D eigenvalue weighted by atomic mass is 10.0. The summed E-state index contributed by atoms with van der Waals surface area (Å²) >= 11 is 0. The number of hydrogen-bond acceptors (Lipinski definition) is 5. The van der Waals surface area contributed by atoms with Crippen LogP contribution in [0.5, 0.6) is 0 Å². The number of nitrogens with one attached hydrogen (secondary N) is 1. The topological polar surface area (TPSA) is 61.3 Å². The summed E-state index contributed by atoms with van der Waals surface area (Å²) in [5, 5.41) is 12.5. The third-order valence-corrected chi connectivity index (χ3v) is 3.39. The van der Waals surface area contributed by atoms with Crippen molar-refractivity contribution in [3.63, 3.8) is 0 Å². The maximum absolute atomic E-state index is 9.37. The van der Waals surface area contributed by atoms with Crippen LogP contribution in [0.25, 0.3) is 0 Å². The maximum atomic E-state index is 9.37. The zero-order chi connectivity index (χ0) is 12.8. The van der Waals surface area contributed by atoms with E-state index in [-0.39, 0.29) is 12.6 Å². The van der Waals surface area contributed by atoms with Crippen molar-refractivity contribution in [2.24, 2.45) is 0 Å². The van der Waals surface area contributed by atoms with Crippen molar-refractivity contribution in [3.05, 3.63) is 18.1 Å². The molecule has 5 heteroatoms. The molecule has 0 amide bonds. The molecule has 1 aromatic rings. The standard InChI is InChI=1S/C13H22N4O/c1-2-14-13-8-15-11(7-16-13)9-17-6-4-3-5-12(17)10-18/h7-8,12,18H,2-6,9-10H2,1H3,(H,14,16). The molecule has 0 aliphatic carbocycles. The second kappa shape index (κ2) is 6.66. The number of hydrogen-bond donors (Lipinski definition) is 2. The number of anilines is 1. The molecule has 0 aromatic carbocycles. The van der Waals surface area contributed by atoms with Crippen LogP contribution in [-0.4, -0.2) is 45.7 Å². The molecule has 18 heavy (non-hydrogen) atoms. The van der Waals surface area contributed by atoms with Gasteiger partial charge in [-0.1, -0.05) is 6.42 Å². The summed E-state index contributed by atoms with van der Waals surface area (Å²) in [4.78, 5) is 11.0. The summed E-state index contributed by atoms with van der Waals surface area (Å²) in [7, 11) is 0. The normalized spacial score (nSPS) is 20.9.